The second-order valence-electron chi connectivity index (χ2n) is 7.72. The minimum atomic E-state index is -0.155. The predicted molar refractivity (Wildman–Crippen MR) is 103 cm³/mol. The van der Waals surface area contributed by atoms with Crippen molar-refractivity contribution in [1.82, 2.24) is 0 Å². The van der Waals surface area contributed by atoms with Gasteiger partial charge in [-0.05, 0) is 52.8 Å². The van der Waals surface area contributed by atoms with Crippen LogP contribution in [0.3, 0.4) is 0 Å². The monoisotopic (exact) mass is 356 g/mol. The zero-order chi connectivity index (χ0) is 19.1. The maximum Gasteiger partial charge on any atom is 0.161 e. The molecule has 0 aliphatic heterocycles. The molecule has 1 unspecified atom stereocenters. The van der Waals surface area contributed by atoms with Crippen molar-refractivity contribution in [3.05, 3.63) is 47.0 Å². The van der Waals surface area contributed by atoms with Gasteiger partial charge in [0, 0.05) is 5.41 Å². The van der Waals surface area contributed by atoms with Crippen LogP contribution < -0.4 is 18.9 Å². The lowest BCUT2D eigenvalue weighted by atomic mass is 9.75. The van der Waals surface area contributed by atoms with E-state index in [-0.39, 0.29) is 10.8 Å². The number of ether oxygens (including phenoxy) is 4. The fourth-order valence-electron chi connectivity index (χ4n) is 4.41. The van der Waals surface area contributed by atoms with E-state index < -0.39 is 0 Å². The first kappa shape index (κ1) is 18.4. The van der Waals surface area contributed by atoms with E-state index >= 15 is 0 Å². The van der Waals surface area contributed by atoms with Gasteiger partial charge in [-0.25, -0.2) is 0 Å². The van der Waals surface area contributed by atoms with Gasteiger partial charge in [0.1, 0.15) is 0 Å². The highest BCUT2D eigenvalue weighted by molar-refractivity contribution is 5.60. The van der Waals surface area contributed by atoms with E-state index in [0.29, 0.717) is 0 Å². The Hall–Kier alpha value is -2.36. The van der Waals surface area contributed by atoms with E-state index in [4.69, 9.17) is 18.9 Å². The van der Waals surface area contributed by atoms with Gasteiger partial charge < -0.3 is 18.9 Å². The van der Waals surface area contributed by atoms with Gasteiger partial charge in [-0.3, -0.25) is 0 Å². The van der Waals surface area contributed by atoms with Gasteiger partial charge in [0.15, 0.2) is 23.0 Å². The van der Waals surface area contributed by atoms with E-state index in [1.807, 2.05) is 6.07 Å². The topological polar surface area (TPSA) is 36.9 Å². The Bertz CT molecular complexity index is 825. The molecule has 0 saturated heterocycles. The highest BCUT2D eigenvalue weighted by Crippen LogP contribution is 2.55. The number of methoxy groups -OCH3 is 4. The Morgan fingerprint density at radius 1 is 0.654 bits per heavy atom. The molecule has 26 heavy (non-hydrogen) atoms. The smallest absolute Gasteiger partial charge is 0.161 e. The summed E-state index contributed by atoms with van der Waals surface area (Å²) in [4.78, 5) is 0. The van der Waals surface area contributed by atoms with E-state index in [2.05, 4.69) is 45.0 Å². The average molecular weight is 356 g/mol. The molecule has 1 aliphatic carbocycles. The van der Waals surface area contributed by atoms with Crippen LogP contribution in [0, 0.1) is 0 Å². The third-order valence-electron chi connectivity index (χ3n) is 5.66. The standard InChI is InChI=1S/C22H28O4/c1-21(2)13-22(3,14-8-9-17(23-4)18(10-14)24-5)16-12-20(26-7)19(25-6)11-15(16)21/h8-12H,13H2,1-7H3. The van der Waals surface area contributed by atoms with Crippen molar-refractivity contribution in [2.24, 2.45) is 0 Å². The molecule has 0 radical (unpaired) electrons. The van der Waals surface area contributed by atoms with Crippen LogP contribution >= 0.6 is 0 Å². The van der Waals surface area contributed by atoms with E-state index in [0.717, 1.165) is 29.4 Å². The lowest BCUT2D eigenvalue weighted by molar-refractivity contribution is 0.352. The lowest BCUT2D eigenvalue weighted by Gasteiger charge is -2.29. The van der Waals surface area contributed by atoms with Gasteiger partial charge in [-0.2, -0.15) is 0 Å². The number of benzene rings is 2. The Morgan fingerprint density at radius 3 is 1.69 bits per heavy atom. The Morgan fingerprint density at radius 2 is 1.15 bits per heavy atom. The Labute approximate surface area is 156 Å². The summed E-state index contributed by atoms with van der Waals surface area (Å²) < 4.78 is 22.0. The van der Waals surface area contributed by atoms with Crippen LogP contribution in [0.15, 0.2) is 30.3 Å². The molecule has 4 heteroatoms. The van der Waals surface area contributed by atoms with Gasteiger partial charge >= 0.3 is 0 Å². The highest BCUT2D eigenvalue weighted by Gasteiger charge is 2.46. The molecule has 2 aromatic rings. The fourth-order valence-corrected chi connectivity index (χ4v) is 4.41. The van der Waals surface area contributed by atoms with E-state index in [1.54, 1.807) is 28.4 Å². The molecule has 0 N–H and O–H groups in total. The van der Waals surface area contributed by atoms with Crippen molar-refractivity contribution in [3.63, 3.8) is 0 Å². The number of fused-ring (bicyclic) bond motifs is 1. The molecule has 140 valence electrons. The number of hydrogen-bond donors (Lipinski definition) is 0. The molecule has 0 aromatic heterocycles. The van der Waals surface area contributed by atoms with Crippen LogP contribution in [0.5, 0.6) is 23.0 Å². The third kappa shape index (κ3) is 2.68. The molecule has 0 saturated carbocycles. The van der Waals surface area contributed by atoms with Crippen molar-refractivity contribution >= 4 is 0 Å². The fraction of sp³-hybridized carbons (Fsp3) is 0.455. The van der Waals surface area contributed by atoms with Gasteiger partial charge in [-0.15, -0.1) is 0 Å². The minimum absolute atomic E-state index is 0.0246. The summed E-state index contributed by atoms with van der Waals surface area (Å²) in [5.41, 5.74) is 3.64. The molecular formula is C22H28O4. The first-order chi connectivity index (χ1) is 12.3. The van der Waals surface area contributed by atoms with Crippen LogP contribution in [-0.4, -0.2) is 28.4 Å². The molecule has 3 rings (SSSR count). The van der Waals surface area contributed by atoms with Crippen LogP contribution in [0.4, 0.5) is 0 Å². The maximum atomic E-state index is 5.57. The zero-order valence-electron chi connectivity index (χ0n) is 16.7. The molecule has 0 bridgehead atoms. The SMILES string of the molecule is COc1ccc(C2(C)CC(C)(C)c3cc(OC)c(OC)cc32)cc1OC. The van der Waals surface area contributed by atoms with Crippen LogP contribution in [0.25, 0.3) is 0 Å². The average Bonchev–Trinajstić information content (AvgIpc) is 2.85. The second-order valence-corrected chi connectivity index (χ2v) is 7.72. The quantitative estimate of drug-likeness (QED) is 0.777. The molecule has 1 aliphatic rings. The van der Waals surface area contributed by atoms with Crippen molar-refractivity contribution in [1.29, 1.82) is 0 Å². The van der Waals surface area contributed by atoms with Crippen molar-refractivity contribution in [3.8, 4) is 23.0 Å². The van der Waals surface area contributed by atoms with Crippen LogP contribution in [0.1, 0.15) is 43.9 Å². The van der Waals surface area contributed by atoms with E-state index in [9.17, 15) is 0 Å². The predicted octanol–water partition coefficient (Wildman–Crippen LogP) is 4.71. The summed E-state index contributed by atoms with van der Waals surface area (Å²) in [6.07, 6.45) is 0.987. The van der Waals surface area contributed by atoms with Crippen molar-refractivity contribution in [2.75, 3.05) is 28.4 Å². The molecule has 0 fully saturated rings. The summed E-state index contributed by atoms with van der Waals surface area (Å²) >= 11 is 0. The largest absolute Gasteiger partial charge is 0.493 e. The number of rotatable bonds is 5. The summed E-state index contributed by atoms with van der Waals surface area (Å²) in [6, 6.07) is 10.4. The molecule has 4 nitrogen and oxygen atoms in total. The summed E-state index contributed by atoms with van der Waals surface area (Å²) in [6.45, 7) is 6.85. The van der Waals surface area contributed by atoms with Crippen molar-refractivity contribution < 1.29 is 18.9 Å². The first-order valence-corrected chi connectivity index (χ1v) is 8.80. The zero-order valence-corrected chi connectivity index (χ0v) is 16.7. The summed E-state index contributed by atoms with van der Waals surface area (Å²) in [7, 11) is 6.69. The molecular weight excluding hydrogens is 328 g/mol. The highest BCUT2D eigenvalue weighted by atomic mass is 16.5. The summed E-state index contributed by atoms with van der Waals surface area (Å²) in [5.74, 6) is 3.02. The molecule has 0 heterocycles. The molecule has 2 aromatic carbocycles. The van der Waals surface area contributed by atoms with Gasteiger partial charge in [0.2, 0.25) is 0 Å². The lowest BCUT2D eigenvalue weighted by Crippen LogP contribution is -2.23. The molecule has 1 atom stereocenters. The Kier molecular flexibility index (Phi) is 4.55. The second kappa shape index (κ2) is 6.42. The maximum absolute atomic E-state index is 5.57. The van der Waals surface area contributed by atoms with Gasteiger partial charge in [0.25, 0.3) is 0 Å². The first-order valence-electron chi connectivity index (χ1n) is 8.80. The normalized spacial score (nSPS) is 20.4. The van der Waals surface area contributed by atoms with Crippen LogP contribution in [0.2, 0.25) is 0 Å². The molecule has 0 spiro atoms. The Balaban J connectivity index is 2.22. The van der Waals surface area contributed by atoms with Crippen LogP contribution in [-0.2, 0) is 10.8 Å². The molecule has 0 amide bonds. The van der Waals surface area contributed by atoms with Gasteiger partial charge in [-0.1, -0.05) is 26.8 Å². The minimum Gasteiger partial charge on any atom is -0.493 e. The van der Waals surface area contributed by atoms with E-state index in [1.165, 1.54) is 16.7 Å². The van der Waals surface area contributed by atoms with Gasteiger partial charge in [0.05, 0.1) is 28.4 Å². The third-order valence-corrected chi connectivity index (χ3v) is 5.66. The van der Waals surface area contributed by atoms with Crippen molar-refractivity contribution in [2.45, 2.75) is 38.0 Å². The summed E-state index contributed by atoms with van der Waals surface area (Å²) in [5, 5.41) is 0. The number of hydrogen-bond acceptors (Lipinski definition) is 4.